The molecule has 0 bridgehead atoms. The number of aliphatic imine (C=N–C) groups is 1. The van der Waals surface area contributed by atoms with Gasteiger partial charge < -0.3 is 10.6 Å². The molecule has 1 unspecified atom stereocenters. The Balaban J connectivity index is 0.00000264. The summed E-state index contributed by atoms with van der Waals surface area (Å²) in [6.07, 6.45) is 4.93. The SMILES string of the molecule is CN=C(NCCCc1ccccc1)NCC(C)N(C)C1CC1.I. The highest BCUT2D eigenvalue weighted by Crippen LogP contribution is 2.26. The number of guanidine groups is 1. The number of rotatable bonds is 8. The minimum Gasteiger partial charge on any atom is -0.356 e. The van der Waals surface area contributed by atoms with Crippen molar-refractivity contribution in [1.82, 2.24) is 15.5 Å². The molecular weight excluding hydrogens is 399 g/mol. The third-order valence-corrected chi connectivity index (χ3v) is 4.38. The van der Waals surface area contributed by atoms with Gasteiger partial charge in [-0.25, -0.2) is 0 Å². The van der Waals surface area contributed by atoms with E-state index in [0.717, 1.165) is 37.9 Å². The molecule has 2 N–H and O–H groups in total. The number of nitrogens with one attached hydrogen (secondary N) is 2. The maximum Gasteiger partial charge on any atom is 0.191 e. The van der Waals surface area contributed by atoms with E-state index < -0.39 is 0 Å². The van der Waals surface area contributed by atoms with Crippen LogP contribution in [0.5, 0.6) is 0 Å². The van der Waals surface area contributed by atoms with Crippen LogP contribution >= 0.6 is 24.0 Å². The Bertz CT molecular complexity index is 459. The summed E-state index contributed by atoms with van der Waals surface area (Å²) in [6.45, 7) is 4.15. The quantitative estimate of drug-likeness (QED) is 0.289. The lowest BCUT2D eigenvalue weighted by Crippen LogP contribution is -2.45. The van der Waals surface area contributed by atoms with Gasteiger partial charge >= 0.3 is 0 Å². The van der Waals surface area contributed by atoms with Crippen LogP contribution in [0.1, 0.15) is 31.7 Å². The van der Waals surface area contributed by atoms with Crippen molar-refractivity contribution < 1.29 is 0 Å². The van der Waals surface area contributed by atoms with Crippen LogP contribution in [0.2, 0.25) is 0 Å². The van der Waals surface area contributed by atoms with Gasteiger partial charge in [0.2, 0.25) is 0 Å². The fourth-order valence-electron chi connectivity index (χ4n) is 2.59. The minimum absolute atomic E-state index is 0. The molecule has 0 amide bonds. The second-order valence-corrected chi connectivity index (χ2v) is 6.21. The third kappa shape index (κ3) is 7.52. The highest BCUT2D eigenvalue weighted by molar-refractivity contribution is 14.0. The van der Waals surface area contributed by atoms with Crippen LogP contribution < -0.4 is 10.6 Å². The molecule has 1 aliphatic carbocycles. The molecule has 1 aliphatic rings. The summed E-state index contributed by atoms with van der Waals surface area (Å²) in [5, 5.41) is 6.83. The predicted molar refractivity (Wildman–Crippen MR) is 110 cm³/mol. The first-order valence-electron chi connectivity index (χ1n) is 8.41. The summed E-state index contributed by atoms with van der Waals surface area (Å²) in [5.74, 6) is 0.907. The lowest BCUT2D eigenvalue weighted by molar-refractivity contribution is 0.247. The van der Waals surface area contributed by atoms with Crippen molar-refractivity contribution in [1.29, 1.82) is 0 Å². The molecule has 23 heavy (non-hydrogen) atoms. The Morgan fingerprint density at radius 3 is 2.57 bits per heavy atom. The molecule has 0 saturated heterocycles. The number of benzene rings is 1. The van der Waals surface area contributed by atoms with Gasteiger partial charge in [-0.1, -0.05) is 30.3 Å². The van der Waals surface area contributed by atoms with Gasteiger partial charge in [0.1, 0.15) is 0 Å². The number of nitrogens with zero attached hydrogens (tertiary/aromatic N) is 2. The number of aryl methyl sites for hydroxylation is 1. The van der Waals surface area contributed by atoms with E-state index in [1.165, 1.54) is 18.4 Å². The molecule has 1 aromatic carbocycles. The molecule has 0 aromatic heterocycles. The lowest BCUT2D eigenvalue weighted by atomic mass is 10.1. The average molecular weight is 430 g/mol. The summed E-state index contributed by atoms with van der Waals surface area (Å²) in [4.78, 5) is 6.77. The van der Waals surface area contributed by atoms with Crippen molar-refractivity contribution in [3.8, 4) is 0 Å². The zero-order valence-corrected chi connectivity index (χ0v) is 16.9. The smallest absolute Gasteiger partial charge is 0.191 e. The number of halogens is 1. The first kappa shape index (κ1) is 20.2. The molecule has 5 heteroatoms. The van der Waals surface area contributed by atoms with Crippen molar-refractivity contribution in [3.63, 3.8) is 0 Å². The van der Waals surface area contributed by atoms with Crippen LogP contribution in [-0.4, -0.2) is 50.1 Å². The molecule has 1 saturated carbocycles. The lowest BCUT2D eigenvalue weighted by Gasteiger charge is -2.25. The van der Waals surface area contributed by atoms with Crippen LogP contribution in [-0.2, 0) is 6.42 Å². The van der Waals surface area contributed by atoms with E-state index in [4.69, 9.17) is 0 Å². The Labute approximate surface area is 158 Å². The van der Waals surface area contributed by atoms with Crippen LogP contribution in [0.3, 0.4) is 0 Å². The highest BCUT2D eigenvalue weighted by Gasteiger charge is 2.28. The molecule has 0 radical (unpaired) electrons. The van der Waals surface area contributed by atoms with Gasteiger partial charge in [-0.2, -0.15) is 0 Å². The largest absolute Gasteiger partial charge is 0.356 e. The monoisotopic (exact) mass is 430 g/mol. The topological polar surface area (TPSA) is 39.7 Å². The standard InChI is InChI=1S/C18H30N4.HI/c1-15(22(3)17-11-12-17)14-21-18(19-2)20-13-7-10-16-8-5-4-6-9-16;/h4-6,8-9,15,17H,7,10-14H2,1-3H3,(H2,19,20,21);1H. The normalized spacial score (nSPS) is 15.9. The third-order valence-electron chi connectivity index (χ3n) is 4.38. The maximum atomic E-state index is 4.30. The zero-order valence-electron chi connectivity index (χ0n) is 14.6. The van der Waals surface area contributed by atoms with E-state index >= 15 is 0 Å². The Morgan fingerprint density at radius 1 is 1.26 bits per heavy atom. The van der Waals surface area contributed by atoms with Gasteiger partial charge in [0.05, 0.1) is 0 Å². The Kier molecular flexibility index (Phi) is 9.55. The molecule has 0 aliphatic heterocycles. The molecular formula is C18H31IN4. The van der Waals surface area contributed by atoms with E-state index in [9.17, 15) is 0 Å². The van der Waals surface area contributed by atoms with Crippen LogP contribution in [0, 0.1) is 0 Å². The van der Waals surface area contributed by atoms with Crippen molar-refractivity contribution >= 4 is 29.9 Å². The van der Waals surface area contributed by atoms with Crippen LogP contribution in [0.25, 0.3) is 0 Å². The van der Waals surface area contributed by atoms with E-state index in [-0.39, 0.29) is 24.0 Å². The van der Waals surface area contributed by atoms with Gasteiger partial charge in [0.15, 0.2) is 5.96 Å². The first-order chi connectivity index (χ1) is 10.7. The molecule has 130 valence electrons. The van der Waals surface area contributed by atoms with Crippen LogP contribution in [0.4, 0.5) is 0 Å². The fourth-order valence-corrected chi connectivity index (χ4v) is 2.59. The number of hydrogen-bond donors (Lipinski definition) is 2. The summed E-state index contributed by atoms with van der Waals surface area (Å²) in [6, 6.07) is 12.0. The maximum absolute atomic E-state index is 4.30. The van der Waals surface area contributed by atoms with Gasteiger partial charge in [-0.3, -0.25) is 9.89 Å². The number of likely N-dealkylation sites (N-methyl/N-ethyl adjacent to an activating group) is 1. The van der Waals surface area contributed by atoms with Crippen molar-refractivity contribution in [2.45, 2.75) is 44.7 Å². The van der Waals surface area contributed by atoms with E-state index in [2.05, 4.69) is 64.8 Å². The summed E-state index contributed by atoms with van der Waals surface area (Å²) >= 11 is 0. The second kappa shape index (κ2) is 10.9. The highest BCUT2D eigenvalue weighted by atomic mass is 127. The summed E-state index contributed by atoms with van der Waals surface area (Å²) < 4.78 is 0. The van der Waals surface area contributed by atoms with Gasteiger partial charge in [0.25, 0.3) is 0 Å². The fraction of sp³-hybridized carbons (Fsp3) is 0.611. The van der Waals surface area contributed by atoms with Gasteiger partial charge in [0, 0.05) is 32.2 Å². The van der Waals surface area contributed by atoms with E-state index in [0.29, 0.717) is 6.04 Å². The zero-order chi connectivity index (χ0) is 15.8. The van der Waals surface area contributed by atoms with Crippen molar-refractivity contribution in [2.24, 2.45) is 4.99 Å². The minimum atomic E-state index is 0. The Morgan fingerprint density at radius 2 is 1.96 bits per heavy atom. The van der Waals surface area contributed by atoms with Crippen molar-refractivity contribution in [2.75, 3.05) is 27.2 Å². The molecule has 1 fully saturated rings. The van der Waals surface area contributed by atoms with Crippen LogP contribution in [0.15, 0.2) is 35.3 Å². The van der Waals surface area contributed by atoms with E-state index in [1.54, 1.807) is 0 Å². The van der Waals surface area contributed by atoms with Gasteiger partial charge in [-0.15, -0.1) is 24.0 Å². The number of hydrogen-bond acceptors (Lipinski definition) is 2. The molecule has 0 heterocycles. The Hall–Kier alpha value is -0.820. The second-order valence-electron chi connectivity index (χ2n) is 6.21. The van der Waals surface area contributed by atoms with Crippen molar-refractivity contribution in [3.05, 3.63) is 35.9 Å². The average Bonchev–Trinajstić information content (AvgIpc) is 3.39. The van der Waals surface area contributed by atoms with Gasteiger partial charge in [-0.05, 0) is 45.2 Å². The molecule has 2 rings (SSSR count). The van der Waals surface area contributed by atoms with E-state index in [1.807, 2.05) is 7.05 Å². The molecule has 1 aromatic rings. The summed E-state index contributed by atoms with van der Waals surface area (Å²) in [5.41, 5.74) is 1.40. The first-order valence-corrected chi connectivity index (χ1v) is 8.41. The predicted octanol–water partition coefficient (Wildman–Crippen LogP) is 2.88. The molecule has 1 atom stereocenters. The molecule has 0 spiro atoms. The summed E-state index contributed by atoms with van der Waals surface area (Å²) in [7, 11) is 4.06. The molecule has 4 nitrogen and oxygen atoms in total.